The predicted octanol–water partition coefficient (Wildman–Crippen LogP) is 1.28. The van der Waals surface area contributed by atoms with Crippen LogP contribution in [0, 0.1) is 0 Å². The number of nitrogens with zero attached hydrogens (tertiary/aromatic N) is 3. The highest BCUT2D eigenvalue weighted by Gasteiger charge is 2.13. The van der Waals surface area contributed by atoms with Crippen LogP contribution >= 0.6 is 0 Å². The van der Waals surface area contributed by atoms with Crippen LogP contribution in [0.1, 0.15) is 19.3 Å². The summed E-state index contributed by atoms with van der Waals surface area (Å²) in [5.41, 5.74) is 1.03. The molecule has 3 rings (SSSR count). The van der Waals surface area contributed by atoms with Gasteiger partial charge in [-0.3, -0.25) is 0 Å². The van der Waals surface area contributed by atoms with Crippen molar-refractivity contribution in [3.63, 3.8) is 0 Å². The van der Waals surface area contributed by atoms with Crippen LogP contribution < -0.4 is 10.6 Å². The largest absolute Gasteiger partial charge is 0.368 e. The molecular weight excluding hydrogens is 214 g/mol. The third-order valence-electron chi connectivity index (χ3n) is 3.27. The fraction of sp³-hybridized carbons (Fsp3) is 0.500. The molecule has 1 saturated heterocycles. The van der Waals surface area contributed by atoms with Gasteiger partial charge in [0, 0.05) is 25.0 Å². The summed E-state index contributed by atoms with van der Waals surface area (Å²) >= 11 is 0. The van der Waals surface area contributed by atoms with Crippen molar-refractivity contribution in [2.45, 2.75) is 25.3 Å². The van der Waals surface area contributed by atoms with E-state index in [9.17, 15) is 0 Å². The first-order valence-corrected chi connectivity index (χ1v) is 6.19. The molecule has 0 saturated carbocycles. The second kappa shape index (κ2) is 4.71. The summed E-state index contributed by atoms with van der Waals surface area (Å²) in [5, 5.41) is 11.1. The molecule has 0 amide bonds. The zero-order valence-electron chi connectivity index (χ0n) is 9.76. The molecule has 0 aliphatic carbocycles. The second-order valence-corrected chi connectivity index (χ2v) is 4.45. The number of nitrogens with one attached hydrogen (secondary N) is 2. The predicted molar refractivity (Wildman–Crippen MR) is 67.1 cm³/mol. The molecular formula is C12H17N5. The van der Waals surface area contributed by atoms with E-state index < -0.39 is 0 Å². The minimum Gasteiger partial charge on any atom is -0.368 e. The molecule has 17 heavy (non-hydrogen) atoms. The van der Waals surface area contributed by atoms with Gasteiger partial charge in [0.25, 0.3) is 0 Å². The van der Waals surface area contributed by atoms with Crippen LogP contribution in [-0.4, -0.2) is 33.7 Å². The van der Waals surface area contributed by atoms with E-state index >= 15 is 0 Å². The molecule has 0 unspecified atom stereocenters. The van der Waals surface area contributed by atoms with Crippen molar-refractivity contribution in [3.8, 4) is 0 Å². The Morgan fingerprint density at radius 2 is 2.47 bits per heavy atom. The van der Waals surface area contributed by atoms with E-state index in [1.807, 2.05) is 16.8 Å². The summed E-state index contributed by atoms with van der Waals surface area (Å²) in [4.78, 5) is 4.35. The molecule has 1 aliphatic heterocycles. The summed E-state index contributed by atoms with van der Waals surface area (Å²) < 4.78 is 1.84. The van der Waals surface area contributed by atoms with Crippen molar-refractivity contribution in [1.29, 1.82) is 0 Å². The van der Waals surface area contributed by atoms with Crippen molar-refractivity contribution in [2.75, 3.05) is 18.4 Å². The lowest BCUT2D eigenvalue weighted by atomic mass is 10.1. The van der Waals surface area contributed by atoms with Gasteiger partial charge in [0.2, 0.25) is 0 Å². The van der Waals surface area contributed by atoms with Crippen molar-refractivity contribution in [2.24, 2.45) is 0 Å². The summed E-state index contributed by atoms with van der Waals surface area (Å²) in [5.74, 6) is 0.919. The molecule has 2 aromatic heterocycles. The Balaban J connectivity index is 1.62. The molecule has 2 aromatic rings. The van der Waals surface area contributed by atoms with Gasteiger partial charge >= 0.3 is 0 Å². The molecule has 3 heterocycles. The summed E-state index contributed by atoms with van der Waals surface area (Å²) in [6.07, 6.45) is 9.18. The quantitative estimate of drug-likeness (QED) is 0.832. The first kappa shape index (κ1) is 10.5. The van der Waals surface area contributed by atoms with Gasteiger partial charge in [-0.25, -0.2) is 9.50 Å². The van der Waals surface area contributed by atoms with Crippen LogP contribution in [0.5, 0.6) is 0 Å². The van der Waals surface area contributed by atoms with Gasteiger partial charge < -0.3 is 10.6 Å². The summed E-state index contributed by atoms with van der Waals surface area (Å²) in [7, 11) is 0. The van der Waals surface area contributed by atoms with Crippen LogP contribution in [-0.2, 0) is 0 Å². The smallest absolute Gasteiger partial charge is 0.152 e. The molecule has 0 spiro atoms. The molecule has 5 nitrogen and oxygen atoms in total. The molecule has 5 heteroatoms. The average molecular weight is 231 g/mol. The number of aromatic nitrogens is 3. The zero-order chi connectivity index (χ0) is 11.5. The van der Waals surface area contributed by atoms with E-state index in [1.165, 1.54) is 19.4 Å². The van der Waals surface area contributed by atoms with Crippen LogP contribution in [0.2, 0.25) is 0 Å². The number of hydrogen-bond donors (Lipinski definition) is 2. The maximum atomic E-state index is 4.35. The Kier molecular flexibility index (Phi) is 2.92. The lowest BCUT2D eigenvalue weighted by Crippen LogP contribution is -2.24. The number of anilines is 1. The highest BCUT2D eigenvalue weighted by Crippen LogP contribution is 2.13. The van der Waals surface area contributed by atoms with Gasteiger partial charge in [0.1, 0.15) is 5.52 Å². The maximum absolute atomic E-state index is 4.35. The van der Waals surface area contributed by atoms with E-state index in [1.54, 1.807) is 12.4 Å². The van der Waals surface area contributed by atoms with Crippen molar-refractivity contribution in [3.05, 3.63) is 24.7 Å². The third-order valence-corrected chi connectivity index (χ3v) is 3.27. The van der Waals surface area contributed by atoms with Gasteiger partial charge in [-0.15, -0.1) is 0 Å². The molecule has 2 N–H and O–H groups in total. The van der Waals surface area contributed by atoms with Gasteiger partial charge in [-0.1, -0.05) is 0 Å². The van der Waals surface area contributed by atoms with Crippen molar-refractivity contribution >= 4 is 11.3 Å². The van der Waals surface area contributed by atoms with E-state index in [2.05, 4.69) is 20.7 Å². The average Bonchev–Trinajstić information content (AvgIpc) is 2.99. The van der Waals surface area contributed by atoms with E-state index in [0.29, 0.717) is 6.04 Å². The number of hydrogen-bond acceptors (Lipinski definition) is 4. The molecule has 0 aromatic carbocycles. The molecule has 1 aliphatic rings. The van der Waals surface area contributed by atoms with E-state index in [-0.39, 0.29) is 0 Å². The van der Waals surface area contributed by atoms with Crippen LogP contribution in [0.15, 0.2) is 24.7 Å². The van der Waals surface area contributed by atoms with Gasteiger partial charge in [0.15, 0.2) is 5.82 Å². The molecule has 1 atom stereocenters. The Morgan fingerprint density at radius 3 is 3.35 bits per heavy atom. The molecule has 0 bridgehead atoms. The molecule has 90 valence electrons. The normalized spacial score (nSPS) is 19.9. The SMILES string of the molecule is c1cn2nccc2c(NCC[C@@H]2CCCN2)n1. The molecule has 0 radical (unpaired) electrons. The second-order valence-electron chi connectivity index (χ2n) is 4.45. The standard InChI is InChI=1S/C12H17N5/c1-2-10(13-5-1)3-6-14-12-11-4-7-16-17(11)9-8-15-12/h4,7-10,13H,1-3,5-6H2,(H,14,15)/t10-/m0/s1. The number of rotatable bonds is 4. The van der Waals surface area contributed by atoms with E-state index in [4.69, 9.17) is 0 Å². The Labute approximate surface area is 100 Å². The Hall–Kier alpha value is -1.62. The van der Waals surface area contributed by atoms with Gasteiger partial charge in [-0.2, -0.15) is 5.10 Å². The Morgan fingerprint density at radius 1 is 1.47 bits per heavy atom. The lowest BCUT2D eigenvalue weighted by Gasteiger charge is -2.11. The van der Waals surface area contributed by atoms with Crippen LogP contribution in [0.3, 0.4) is 0 Å². The monoisotopic (exact) mass is 231 g/mol. The van der Waals surface area contributed by atoms with Gasteiger partial charge in [0.05, 0.1) is 6.20 Å². The lowest BCUT2D eigenvalue weighted by molar-refractivity contribution is 0.574. The fourth-order valence-corrected chi connectivity index (χ4v) is 2.36. The summed E-state index contributed by atoms with van der Waals surface area (Å²) in [6.45, 7) is 2.12. The minimum absolute atomic E-state index is 0.673. The Bertz CT molecular complexity index is 486. The fourth-order valence-electron chi connectivity index (χ4n) is 2.36. The van der Waals surface area contributed by atoms with Gasteiger partial charge in [-0.05, 0) is 31.9 Å². The van der Waals surface area contributed by atoms with Crippen molar-refractivity contribution in [1.82, 2.24) is 19.9 Å². The number of fused-ring (bicyclic) bond motifs is 1. The van der Waals surface area contributed by atoms with Crippen LogP contribution in [0.25, 0.3) is 5.52 Å². The minimum atomic E-state index is 0.673. The first-order valence-electron chi connectivity index (χ1n) is 6.19. The highest BCUT2D eigenvalue weighted by molar-refractivity contribution is 5.66. The van der Waals surface area contributed by atoms with Crippen molar-refractivity contribution < 1.29 is 0 Å². The molecule has 1 fully saturated rings. The highest BCUT2D eigenvalue weighted by atomic mass is 15.2. The topological polar surface area (TPSA) is 54.2 Å². The zero-order valence-corrected chi connectivity index (χ0v) is 9.76. The van der Waals surface area contributed by atoms with E-state index in [0.717, 1.165) is 24.3 Å². The van der Waals surface area contributed by atoms with Crippen LogP contribution in [0.4, 0.5) is 5.82 Å². The summed E-state index contributed by atoms with van der Waals surface area (Å²) in [6, 6.07) is 2.65. The first-order chi connectivity index (χ1) is 8.43. The maximum Gasteiger partial charge on any atom is 0.152 e. The third kappa shape index (κ3) is 2.24.